The van der Waals surface area contributed by atoms with Crippen molar-refractivity contribution in [1.82, 2.24) is 0 Å². The van der Waals surface area contributed by atoms with Gasteiger partial charge in [-0.05, 0) is 30.3 Å². The van der Waals surface area contributed by atoms with Crippen molar-refractivity contribution in [2.75, 3.05) is 0 Å². The van der Waals surface area contributed by atoms with Crippen LogP contribution in [0.3, 0.4) is 0 Å². The van der Waals surface area contributed by atoms with E-state index >= 15 is 0 Å². The first kappa shape index (κ1) is 19.0. The first-order chi connectivity index (χ1) is 13.1. The zero-order valence-electron chi connectivity index (χ0n) is 14.0. The molecule has 136 valence electrons. The van der Waals surface area contributed by atoms with Gasteiger partial charge in [0.2, 0.25) is 0 Å². The number of esters is 2. The zero-order valence-corrected chi connectivity index (χ0v) is 16.2. The summed E-state index contributed by atoms with van der Waals surface area (Å²) in [6, 6.07) is 19.1. The van der Waals surface area contributed by atoms with Crippen molar-refractivity contribution in [2.24, 2.45) is 0 Å². The second kappa shape index (κ2) is 8.77. The summed E-state index contributed by atoms with van der Waals surface area (Å²) in [5.74, 6) is -2.01. The van der Waals surface area contributed by atoms with Crippen LogP contribution in [0, 0.1) is 5.82 Å². The van der Waals surface area contributed by atoms with Crippen molar-refractivity contribution in [3.63, 3.8) is 0 Å². The van der Waals surface area contributed by atoms with Crippen LogP contribution >= 0.6 is 22.6 Å². The molecule has 0 aliphatic carbocycles. The molecular weight excluding hydrogens is 462 g/mol. The number of hydrogen-bond donors (Lipinski definition) is 0. The Hall–Kier alpha value is -2.74. The minimum Gasteiger partial charge on any atom is -0.419 e. The minimum atomic E-state index is -0.672. The SMILES string of the molecule is O=C(Oc1cc(F)c(CI)cc1OC(=O)c1ccccc1)c1ccccc1. The van der Waals surface area contributed by atoms with Gasteiger partial charge in [0.05, 0.1) is 11.1 Å². The lowest BCUT2D eigenvalue weighted by atomic mass is 10.2. The predicted molar refractivity (Wildman–Crippen MR) is 107 cm³/mol. The fourth-order valence-electron chi connectivity index (χ4n) is 2.31. The molecule has 0 saturated carbocycles. The highest BCUT2D eigenvalue weighted by molar-refractivity contribution is 14.1. The quantitative estimate of drug-likeness (QED) is 0.220. The van der Waals surface area contributed by atoms with Gasteiger partial charge in [0.25, 0.3) is 0 Å². The molecular formula is C21H14FIO4. The maximum atomic E-state index is 14.2. The first-order valence-electron chi connectivity index (χ1n) is 8.01. The van der Waals surface area contributed by atoms with Gasteiger partial charge in [0.15, 0.2) is 11.5 Å². The lowest BCUT2D eigenvalue weighted by molar-refractivity contribution is 0.0681. The average Bonchev–Trinajstić information content (AvgIpc) is 2.71. The Bertz CT molecular complexity index is 959. The van der Waals surface area contributed by atoms with Crippen LogP contribution in [0.2, 0.25) is 0 Å². The molecule has 0 unspecified atom stereocenters. The maximum Gasteiger partial charge on any atom is 0.343 e. The van der Waals surface area contributed by atoms with E-state index in [1.165, 1.54) is 6.07 Å². The molecule has 0 aliphatic heterocycles. The van der Waals surface area contributed by atoms with E-state index in [-0.39, 0.29) is 11.5 Å². The molecule has 0 amide bonds. The van der Waals surface area contributed by atoms with E-state index < -0.39 is 17.8 Å². The van der Waals surface area contributed by atoms with E-state index in [4.69, 9.17) is 9.47 Å². The number of alkyl halides is 1. The molecule has 27 heavy (non-hydrogen) atoms. The van der Waals surface area contributed by atoms with E-state index in [1.807, 2.05) is 22.6 Å². The third-order valence-electron chi connectivity index (χ3n) is 3.68. The standard InChI is InChI=1S/C21H14FIO4/c22-17-12-19(27-21(25)15-9-5-2-6-10-15)18(11-16(17)13-23)26-20(24)14-7-3-1-4-8-14/h1-12H,13H2. The van der Waals surface area contributed by atoms with Gasteiger partial charge in [-0.3, -0.25) is 0 Å². The number of benzene rings is 3. The summed E-state index contributed by atoms with van der Waals surface area (Å²) in [7, 11) is 0. The van der Waals surface area contributed by atoms with Gasteiger partial charge in [-0.2, -0.15) is 0 Å². The van der Waals surface area contributed by atoms with Crippen LogP contribution < -0.4 is 9.47 Å². The van der Waals surface area contributed by atoms with Gasteiger partial charge in [0.1, 0.15) is 5.82 Å². The van der Waals surface area contributed by atoms with Crippen molar-refractivity contribution in [3.05, 3.63) is 95.3 Å². The van der Waals surface area contributed by atoms with Gasteiger partial charge >= 0.3 is 11.9 Å². The molecule has 0 N–H and O–H groups in total. The van der Waals surface area contributed by atoms with Crippen LogP contribution in [0.4, 0.5) is 4.39 Å². The first-order valence-corrected chi connectivity index (χ1v) is 9.54. The average molecular weight is 476 g/mol. The second-order valence-corrected chi connectivity index (χ2v) is 6.30. The molecule has 0 radical (unpaired) electrons. The second-order valence-electron chi connectivity index (χ2n) is 5.54. The van der Waals surface area contributed by atoms with Crippen LogP contribution in [0.1, 0.15) is 26.3 Å². The maximum absolute atomic E-state index is 14.2. The van der Waals surface area contributed by atoms with Crippen LogP contribution in [0.15, 0.2) is 72.8 Å². The Labute approximate surface area is 169 Å². The number of carbonyl (C=O) groups is 2. The van der Waals surface area contributed by atoms with E-state index in [0.717, 1.165) is 6.07 Å². The minimum absolute atomic E-state index is 0.0128. The van der Waals surface area contributed by atoms with Gasteiger partial charge < -0.3 is 9.47 Å². The molecule has 3 rings (SSSR count). The van der Waals surface area contributed by atoms with Gasteiger partial charge in [-0.1, -0.05) is 59.0 Å². The number of ether oxygens (including phenoxy) is 2. The number of carbonyl (C=O) groups excluding carboxylic acids is 2. The highest BCUT2D eigenvalue weighted by Gasteiger charge is 2.19. The highest BCUT2D eigenvalue weighted by atomic mass is 127. The molecule has 6 heteroatoms. The zero-order chi connectivity index (χ0) is 19.2. The molecule has 0 fully saturated rings. The summed E-state index contributed by atoms with van der Waals surface area (Å²) in [6.45, 7) is 0. The Morgan fingerprint density at radius 3 is 1.67 bits per heavy atom. The number of hydrogen-bond acceptors (Lipinski definition) is 4. The third-order valence-corrected chi connectivity index (χ3v) is 4.50. The largest absolute Gasteiger partial charge is 0.419 e. The summed E-state index contributed by atoms with van der Waals surface area (Å²) in [6.07, 6.45) is 0. The van der Waals surface area contributed by atoms with Crippen LogP contribution in [-0.2, 0) is 4.43 Å². The molecule has 0 spiro atoms. The molecule has 0 saturated heterocycles. The van der Waals surface area contributed by atoms with Gasteiger partial charge in [-0.15, -0.1) is 0 Å². The van der Waals surface area contributed by atoms with Gasteiger partial charge in [-0.25, -0.2) is 14.0 Å². The molecule has 0 bridgehead atoms. The van der Waals surface area contributed by atoms with Crippen molar-refractivity contribution >= 4 is 34.5 Å². The molecule has 0 aromatic heterocycles. The van der Waals surface area contributed by atoms with Crippen molar-refractivity contribution in [3.8, 4) is 11.5 Å². The molecule has 0 aliphatic rings. The van der Waals surface area contributed by atoms with E-state index in [1.54, 1.807) is 60.7 Å². The van der Waals surface area contributed by atoms with Crippen molar-refractivity contribution in [1.29, 1.82) is 0 Å². The molecule has 0 heterocycles. The smallest absolute Gasteiger partial charge is 0.343 e. The lowest BCUT2D eigenvalue weighted by Crippen LogP contribution is -2.13. The lowest BCUT2D eigenvalue weighted by Gasteiger charge is -2.12. The van der Waals surface area contributed by atoms with E-state index in [0.29, 0.717) is 21.1 Å². The topological polar surface area (TPSA) is 52.6 Å². The fourth-order valence-corrected chi connectivity index (χ4v) is 2.89. The Kier molecular flexibility index (Phi) is 6.18. The number of halogens is 2. The monoisotopic (exact) mass is 476 g/mol. The van der Waals surface area contributed by atoms with Crippen LogP contribution in [0.25, 0.3) is 0 Å². The molecule has 3 aromatic rings. The molecule has 4 nitrogen and oxygen atoms in total. The predicted octanol–water partition coefficient (Wildman–Crippen LogP) is 5.20. The Balaban J connectivity index is 1.91. The molecule has 3 aromatic carbocycles. The van der Waals surface area contributed by atoms with Crippen LogP contribution in [-0.4, -0.2) is 11.9 Å². The van der Waals surface area contributed by atoms with Crippen LogP contribution in [0.5, 0.6) is 11.5 Å². The summed E-state index contributed by atoms with van der Waals surface area (Å²) in [4.78, 5) is 24.6. The summed E-state index contributed by atoms with van der Waals surface area (Å²) in [5.41, 5.74) is 0.973. The normalized spacial score (nSPS) is 10.3. The number of rotatable bonds is 5. The Morgan fingerprint density at radius 2 is 1.22 bits per heavy atom. The summed E-state index contributed by atoms with van der Waals surface area (Å²) >= 11 is 2.00. The third kappa shape index (κ3) is 4.71. The van der Waals surface area contributed by atoms with Crippen molar-refractivity contribution in [2.45, 2.75) is 4.43 Å². The highest BCUT2D eigenvalue weighted by Crippen LogP contribution is 2.33. The molecule has 0 atom stereocenters. The van der Waals surface area contributed by atoms with Crippen molar-refractivity contribution < 1.29 is 23.5 Å². The van der Waals surface area contributed by atoms with E-state index in [2.05, 4.69) is 0 Å². The van der Waals surface area contributed by atoms with Gasteiger partial charge in [0, 0.05) is 16.1 Å². The summed E-state index contributed by atoms with van der Waals surface area (Å²) in [5, 5.41) is 0. The fraction of sp³-hybridized carbons (Fsp3) is 0.0476. The Morgan fingerprint density at radius 1 is 0.778 bits per heavy atom. The summed E-state index contributed by atoms with van der Waals surface area (Å²) < 4.78 is 25.2. The van der Waals surface area contributed by atoms with E-state index in [9.17, 15) is 14.0 Å².